The smallest absolute Gasteiger partial charge is 0.272 e. The zero-order chi connectivity index (χ0) is 15.1. The van der Waals surface area contributed by atoms with Crippen LogP contribution < -0.4 is 5.32 Å². The largest absolute Gasteiger partial charge is 0.351 e. The van der Waals surface area contributed by atoms with Gasteiger partial charge in [0.15, 0.2) is 0 Å². The summed E-state index contributed by atoms with van der Waals surface area (Å²) >= 11 is 0. The zero-order valence-corrected chi connectivity index (χ0v) is 13.1. The molecule has 1 aromatic rings. The summed E-state index contributed by atoms with van der Waals surface area (Å²) in [6.45, 7) is 5.73. The van der Waals surface area contributed by atoms with Gasteiger partial charge in [0, 0.05) is 25.3 Å². The van der Waals surface area contributed by atoms with E-state index in [-0.39, 0.29) is 5.91 Å². The van der Waals surface area contributed by atoms with E-state index >= 15 is 0 Å². The Balaban J connectivity index is 2.05. The molecule has 1 aliphatic rings. The van der Waals surface area contributed by atoms with Crippen LogP contribution in [0, 0.1) is 0 Å². The van der Waals surface area contributed by atoms with Crippen molar-refractivity contribution in [1.29, 1.82) is 0 Å². The van der Waals surface area contributed by atoms with Crippen LogP contribution in [0.5, 0.6) is 0 Å². The van der Waals surface area contributed by atoms with E-state index in [0.717, 1.165) is 25.9 Å². The summed E-state index contributed by atoms with van der Waals surface area (Å²) in [7, 11) is 0. The number of hydrogen-bond acceptors (Lipinski definition) is 4. The molecule has 0 saturated heterocycles. The fourth-order valence-corrected chi connectivity index (χ4v) is 2.82. The van der Waals surface area contributed by atoms with E-state index in [1.54, 1.807) is 12.3 Å². The van der Waals surface area contributed by atoms with Gasteiger partial charge in [-0.05, 0) is 31.7 Å². The molecular weight excluding hydrogens is 264 g/mol. The van der Waals surface area contributed by atoms with Gasteiger partial charge in [0.1, 0.15) is 5.69 Å². The average molecular weight is 290 g/mol. The van der Waals surface area contributed by atoms with Gasteiger partial charge in [0.05, 0.1) is 0 Å². The van der Waals surface area contributed by atoms with E-state index < -0.39 is 0 Å². The predicted octanol–water partition coefficient (Wildman–Crippen LogP) is 3.09. The van der Waals surface area contributed by atoms with Crippen molar-refractivity contribution < 1.29 is 4.79 Å². The van der Waals surface area contributed by atoms with Crippen molar-refractivity contribution in [2.24, 2.45) is 0 Å². The molecule has 0 aliphatic heterocycles. The minimum Gasteiger partial charge on any atom is -0.351 e. The number of hydrogen-bond donors (Lipinski definition) is 1. The van der Waals surface area contributed by atoms with E-state index in [4.69, 9.17) is 0 Å². The van der Waals surface area contributed by atoms with Gasteiger partial charge in [-0.2, -0.15) is 0 Å². The maximum absolute atomic E-state index is 12.5. The minimum atomic E-state index is 0.00979. The van der Waals surface area contributed by atoms with Crippen LogP contribution in [0.2, 0.25) is 0 Å². The van der Waals surface area contributed by atoms with Gasteiger partial charge in [-0.3, -0.25) is 4.79 Å². The lowest BCUT2D eigenvalue weighted by molar-refractivity contribution is 0.0749. The molecule has 5 nitrogen and oxygen atoms in total. The SMILES string of the molecule is CCCN(CCC)C(=O)c1ccnc(NC2CCCC2)n1. The third-order valence-corrected chi connectivity index (χ3v) is 3.84. The van der Waals surface area contributed by atoms with Crippen LogP contribution in [0.15, 0.2) is 12.3 Å². The maximum Gasteiger partial charge on any atom is 0.272 e. The number of carbonyl (C=O) groups excluding carboxylic acids is 1. The number of anilines is 1. The molecule has 2 rings (SSSR count). The normalized spacial score (nSPS) is 15.1. The molecule has 5 heteroatoms. The Morgan fingerprint density at radius 1 is 1.29 bits per heavy atom. The second-order valence-corrected chi connectivity index (χ2v) is 5.68. The van der Waals surface area contributed by atoms with Gasteiger partial charge in [0.2, 0.25) is 5.95 Å². The predicted molar refractivity (Wildman–Crippen MR) is 84.4 cm³/mol. The maximum atomic E-state index is 12.5. The lowest BCUT2D eigenvalue weighted by Crippen LogP contribution is -2.33. The molecule has 1 fully saturated rings. The molecule has 1 N–H and O–H groups in total. The van der Waals surface area contributed by atoms with Crippen LogP contribution in [-0.4, -0.2) is 39.9 Å². The molecule has 1 aromatic heterocycles. The highest BCUT2D eigenvalue weighted by Gasteiger charge is 2.18. The lowest BCUT2D eigenvalue weighted by atomic mass is 10.2. The molecular formula is C16H26N4O. The van der Waals surface area contributed by atoms with Gasteiger partial charge < -0.3 is 10.2 Å². The van der Waals surface area contributed by atoms with Crippen LogP contribution in [0.25, 0.3) is 0 Å². The molecule has 0 spiro atoms. The zero-order valence-electron chi connectivity index (χ0n) is 13.1. The Morgan fingerprint density at radius 2 is 1.95 bits per heavy atom. The second kappa shape index (κ2) is 7.96. The van der Waals surface area contributed by atoms with E-state index in [1.807, 2.05) is 4.90 Å². The summed E-state index contributed by atoms with van der Waals surface area (Å²) in [6.07, 6.45) is 8.45. The monoisotopic (exact) mass is 290 g/mol. The van der Waals surface area contributed by atoms with Crippen molar-refractivity contribution in [1.82, 2.24) is 14.9 Å². The highest BCUT2D eigenvalue weighted by atomic mass is 16.2. The van der Waals surface area contributed by atoms with Gasteiger partial charge in [0.25, 0.3) is 5.91 Å². The average Bonchev–Trinajstić information content (AvgIpc) is 2.99. The highest BCUT2D eigenvalue weighted by Crippen LogP contribution is 2.20. The van der Waals surface area contributed by atoms with Crippen LogP contribution in [0.4, 0.5) is 5.95 Å². The van der Waals surface area contributed by atoms with E-state index in [2.05, 4.69) is 29.1 Å². The summed E-state index contributed by atoms with van der Waals surface area (Å²) in [6, 6.07) is 2.17. The van der Waals surface area contributed by atoms with Gasteiger partial charge >= 0.3 is 0 Å². The second-order valence-electron chi connectivity index (χ2n) is 5.68. The Kier molecular flexibility index (Phi) is 5.96. The van der Waals surface area contributed by atoms with E-state index in [1.165, 1.54) is 25.7 Å². The van der Waals surface area contributed by atoms with E-state index in [0.29, 0.717) is 17.7 Å². The van der Waals surface area contributed by atoms with E-state index in [9.17, 15) is 4.79 Å². The van der Waals surface area contributed by atoms with Gasteiger partial charge in [-0.1, -0.05) is 26.7 Å². The van der Waals surface area contributed by atoms with Gasteiger partial charge in [-0.15, -0.1) is 0 Å². The Bertz CT molecular complexity index is 451. The molecule has 0 bridgehead atoms. The fourth-order valence-electron chi connectivity index (χ4n) is 2.82. The van der Waals surface area contributed by atoms with Crippen molar-refractivity contribution in [3.63, 3.8) is 0 Å². The Hall–Kier alpha value is -1.65. The number of nitrogens with one attached hydrogen (secondary N) is 1. The van der Waals surface area contributed by atoms with Crippen LogP contribution in [0.3, 0.4) is 0 Å². The van der Waals surface area contributed by atoms with Crippen molar-refractivity contribution in [2.45, 2.75) is 58.4 Å². The Labute approximate surface area is 127 Å². The molecule has 1 saturated carbocycles. The summed E-state index contributed by atoms with van der Waals surface area (Å²) in [5.41, 5.74) is 0.493. The van der Waals surface area contributed by atoms with Crippen molar-refractivity contribution in [2.75, 3.05) is 18.4 Å². The molecule has 116 valence electrons. The van der Waals surface area contributed by atoms with Crippen molar-refractivity contribution >= 4 is 11.9 Å². The van der Waals surface area contributed by atoms with Gasteiger partial charge in [-0.25, -0.2) is 9.97 Å². The molecule has 1 heterocycles. The standard InChI is InChI=1S/C16H26N4O/c1-3-11-20(12-4-2)15(21)14-9-10-17-16(19-14)18-13-7-5-6-8-13/h9-10,13H,3-8,11-12H2,1-2H3,(H,17,18,19). The van der Waals surface area contributed by atoms with Crippen molar-refractivity contribution in [3.8, 4) is 0 Å². The summed E-state index contributed by atoms with van der Waals surface area (Å²) < 4.78 is 0. The number of rotatable bonds is 7. The number of aromatic nitrogens is 2. The molecule has 1 aliphatic carbocycles. The Morgan fingerprint density at radius 3 is 2.57 bits per heavy atom. The quantitative estimate of drug-likeness (QED) is 0.838. The first-order chi connectivity index (χ1) is 10.2. The molecule has 0 unspecified atom stereocenters. The molecule has 0 atom stereocenters. The molecule has 1 amide bonds. The first kappa shape index (κ1) is 15.7. The third kappa shape index (κ3) is 4.41. The summed E-state index contributed by atoms with van der Waals surface area (Å²) in [5, 5.41) is 3.35. The first-order valence-electron chi connectivity index (χ1n) is 8.13. The number of amides is 1. The van der Waals surface area contributed by atoms with Crippen LogP contribution in [0.1, 0.15) is 62.9 Å². The van der Waals surface area contributed by atoms with Crippen LogP contribution in [-0.2, 0) is 0 Å². The fraction of sp³-hybridized carbons (Fsp3) is 0.688. The number of carbonyl (C=O) groups is 1. The lowest BCUT2D eigenvalue weighted by Gasteiger charge is -2.21. The number of nitrogens with zero attached hydrogens (tertiary/aromatic N) is 3. The third-order valence-electron chi connectivity index (χ3n) is 3.84. The molecule has 0 aromatic carbocycles. The minimum absolute atomic E-state index is 0.00979. The summed E-state index contributed by atoms with van der Waals surface area (Å²) in [4.78, 5) is 23.1. The first-order valence-corrected chi connectivity index (χ1v) is 8.13. The topological polar surface area (TPSA) is 58.1 Å². The highest BCUT2D eigenvalue weighted by molar-refractivity contribution is 5.92. The molecule has 0 radical (unpaired) electrons. The molecule has 21 heavy (non-hydrogen) atoms. The summed E-state index contributed by atoms with van der Waals surface area (Å²) in [5.74, 6) is 0.594. The van der Waals surface area contributed by atoms with Crippen LogP contribution >= 0.6 is 0 Å². The van der Waals surface area contributed by atoms with Crippen molar-refractivity contribution in [3.05, 3.63) is 18.0 Å².